The zero-order chi connectivity index (χ0) is 15.6. The fraction of sp³-hybridized carbons (Fsp3) is 0.500. The molecule has 0 N–H and O–H groups in total. The van der Waals surface area contributed by atoms with Crippen LogP contribution in [-0.2, 0) is 16.1 Å². The van der Waals surface area contributed by atoms with Gasteiger partial charge in [0.2, 0.25) is 0 Å². The number of ether oxygens (including phenoxy) is 2. The molecule has 21 heavy (non-hydrogen) atoms. The van der Waals surface area contributed by atoms with Crippen molar-refractivity contribution in [3.63, 3.8) is 0 Å². The molecule has 3 heteroatoms. The highest BCUT2D eigenvalue weighted by molar-refractivity contribution is 5.78. The van der Waals surface area contributed by atoms with E-state index in [0.717, 1.165) is 11.3 Å². The predicted octanol–water partition coefficient (Wildman–Crippen LogP) is 3.98. The number of allylic oxidation sites excluding steroid dienone is 2. The number of carbonyl (C=O) groups is 1. The van der Waals surface area contributed by atoms with Crippen LogP contribution in [0.2, 0.25) is 0 Å². The summed E-state index contributed by atoms with van der Waals surface area (Å²) < 4.78 is 10.8. The first kappa shape index (κ1) is 15.6. The molecule has 1 aromatic rings. The van der Waals surface area contributed by atoms with E-state index in [4.69, 9.17) is 9.47 Å². The normalized spacial score (nSPS) is 22.3. The van der Waals surface area contributed by atoms with Crippen LogP contribution in [0.4, 0.5) is 0 Å². The Bertz CT molecular complexity index is 553. The molecular formula is C18H24O3. The number of hydrogen-bond donors (Lipinski definition) is 0. The van der Waals surface area contributed by atoms with Crippen LogP contribution in [0.1, 0.15) is 33.3 Å². The van der Waals surface area contributed by atoms with Crippen LogP contribution < -0.4 is 4.74 Å². The Morgan fingerprint density at radius 2 is 1.95 bits per heavy atom. The van der Waals surface area contributed by atoms with Gasteiger partial charge < -0.3 is 9.47 Å². The van der Waals surface area contributed by atoms with E-state index < -0.39 is 0 Å². The number of benzene rings is 1. The molecule has 0 bridgehead atoms. The molecule has 0 spiro atoms. The third-order valence-corrected chi connectivity index (χ3v) is 4.24. The van der Waals surface area contributed by atoms with Crippen LogP contribution in [0.5, 0.6) is 5.75 Å². The number of esters is 1. The molecule has 0 aliphatic heterocycles. The van der Waals surface area contributed by atoms with E-state index >= 15 is 0 Å². The Balaban J connectivity index is 1.99. The van der Waals surface area contributed by atoms with Gasteiger partial charge in [0.25, 0.3) is 0 Å². The molecule has 2 rings (SSSR count). The topological polar surface area (TPSA) is 35.5 Å². The van der Waals surface area contributed by atoms with E-state index in [2.05, 4.69) is 33.8 Å². The Morgan fingerprint density at radius 1 is 1.29 bits per heavy atom. The molecule has 0 radical (unpaired) electrons. The maximum atomic E-state index is 12.3. The fourth-order valence-corrected chi connectivity index (χ4v) is 2.86. The first-order valence-electron chi connectivity index (χ1n) is 7.31. The van der Waals surface area contributed by atoms with Gasteiger partial charge in [-0.3, -0.25) is 4.79 Å². The van der Waals surface area contributed by atoms with Gasteiger partial charge in [-0.05, 0) is 31.2 Å². The minimum absolute atomic E-state index is 0.00483. The largest absolute Gasteiger partial charge is 0.496 e. The minimum atomic E-state index is -0.117. The van der Waals surface area contributed by atoms with E-state index in [1.807, 2.05) is 24.3 Å². The van der Waals surface area contributed by atoms with Gasteiger partial charge >= 0.3 is 5.97 Å². The molecule has 1 aromatic carbocycles. The molecular weight excluding hydrogens is 264 g/mol. The lowest BCUT2D eigenvalue weighted by Crippen LogP contribution is -2.11. The van der Waals surface area contributed by atoms with Gasteiger partial charge in [0, 0.05) is 5.56 Å². The second kappa shape index (κ2) is 5.92. The van der Waals surface area contributed by atoms with Crippen LogP contribution >= 0.6 is 0 Å². The molecule has 3 nitrogen and oxygen atoms in total. The molecule has 2 atom stereocenters. The number of rotatable bonds is 5. The zero-order valence-electron chi connectivity index (χ0n) is 13.5. The standard InChI is InChI=1S/C18H24O3/c1-12(2)10-14-16(18(14,3)4)17(19)21-11-13-8-6-7-9-15(13)20-5/h6-10,14,16H,11H2,1-5H3/t14-,16+/m0/s1. The van der Waals surface area contributed by atoms with Gasteiger partial charge in [-0.25, -0.2) is 0 Å². The Labute approximate surface area is 127 Å². The second-order valence-corrected chi connectivity index (χ2v) is 6.49. The number of methoxy groups -OCH3 is 1. The molecule has 0 heterocycles. The van der Waals surface area contributed by atoms with Gasteiger partial charge in [0.15, 0.2) is 0 Å². The third kappa shape index (κ3) is 3.29. The van der Waals surface area contributed by atoms with Crippen molar-refractivity contribution in [2.24, 2.45) is 17.3 Å². The highest BCUT2D eigenvalue weighted by Gasteiger charge is 2.61. The van der Waals surface area contributed by atoms with Crippen molar-refractivity contribution in [3.05, 3.63) is 41.5 Å². The Kier molecular flexibility index (Phi) is 4.40. The Morgan fingerprint density at radius 3 is 2.57 bits per heavy atom. The SMILES string of the molecule is COc1ccccc1COC(=O)[C@H]1[C@H](C=C(C)C)C1(C)C. The Hall–Kier alpha value is -1.77. The maximum absolute atomic E-state index is 12.3. The average molecular weight is 288 g/mol. The summed E-state index contributed by atoms with van der Waals surface area (Å²) in [6.45, 7) is 8.62. The molecule has 0 amide bonds. The molecule has 0 saturated heterocycles. The minimum Gasteiger partial charge on any atom is -0.496 e. The molecule has 1 aliphatic rings. The summed E-state index contributed by atoms with van der Waals surface area (Å²) in [5.74, 6) is 0.879. The summed E-state index contributed by atoms with van der Waals surface area (Å²) in [5.41, 5.74) is 2.13. The summed E-state index contributed by atoms with van der Waals surface area (Å²) in [6.07, 6.45) is 2.18. The predicted molar refractivity (Wildman–Crippen MR) is 83.0 cm³/mol. The van der Waals surface area contributed by atoms with Crippen molar-refractivity contribution in [3.8, 4) is 5.75 Å². The smallest absolute Gasteiger partial charge is 0.310 e. The number of carbonyl (C=O) groups excluding carboxylic acids is 1. The number of hydrogen-bond acceptors (Lipinski definition) is 3. The van der Waals surface area contributed by atoms with Gasteiger partial charge in [0.1, 0.15) is 12.4 Å². The van der Waals surface area contributed by atoms with E-state index in [-0.39, 0.29) is 29.8 Å². The van der Waals surface area contributed by atoms with E-state index in [9.17, 15) is 4.79 Å². The second-order valence-electron chi connectivity index (χ2n) is 6.49. The molecule has 1 fully saturated rings. The van der Waals surface area contributed by atoms with Gasteiger partial charge in [-0.1, -0.05) is 43.7 Å². The van der Waals surface area contributed by atoms with E-state index in [0.29, 0.717) is 0 Å². The van der Waals surface area contributed by atoms with E-state index in [1.54, 1.807) is 7.11 Å². The lowest BCUT2D eigenvalue weighted by Gasteiger charge is -2.09. The van der Waals surface area contributed by atoms with Crippen LogP contribution in [-0.4, -0.2) is 13.1 Å². The number of para-hydroxylation sites is 1. The summed E-state index contributed by atoms with van der Waals surface area (Å²) >= 11 is 0. The summed E-state index contributed by atoms with van der Waals surface area (Å²) in [5, 5.41) is 0. The third-order valence-electron chi connectivity index (χ3n) is 4.24. The molecule has 0 unspecified atom stereocenters. The monoisotopic (exact) mass is 288 g/mol. The van der Waals surface area contributed by atoms with Crippen molar-refractivity contribution in [2.75, 3.05) is 7.11 Å². The summed E-state index contributed by atoms with van der Waals surface area (Å²) in [6, 6.07) is 7.60. The van der Waals surface area contributed by atoms with Gasteiger partial charge in [-0.2, -0.15) is 0 Å². The van der Waals surface area contributed by atoms with Crippen LogP contribution in [0, 0.1) is 17.3 Å². The summed E-state index contributed by atoms with van der Waals surface area (Å²) in [7, 11) is 1.62. The van der Waals surface area contributed by atoms with Crippen molar-refractivity contribution in [2.45, 2.75) is 34.3 Å². The highest BCUT2D eigenvalue weighted by atomic mass is 16.5. The van der Waals surface area contributed by atoms with E-state index in [1.165, 1.54) is 5.57 Å². The average Bonchev–Trinajstić information content (AvgIpc) is 2.96. The van der Waals surface area contributed by atoms with Crippen LogP contribution in [0.3, 0.4) is 0 Å². The molecule has 114 valence electrons. The van der Waals surface area contributed by atoms with Crippen molar-refractivity contribution in [1.82, 2.24) is 0 Å². The maximum Gasteiger partial charge on any atom is 0.310 e. The van der Waals surface area contributed by atoms with Gasteiger partial charge in [-0.15, -0.1) is 0 Å². The lowest BCUT2D eigenvalue weighted by atomic mass is 10.1. The first-order chi connectivity index (χ1) is 9.87. The molecule has 1 aliphatic carbocycles. The van der Waals surface area contributed by atoms with Crippen molar-refractivity contribution in [1.29, 1.82) is 0 Å². The zero-order valence-corrected chi connectivity index (χ0v) is 13.5. The van der Waals surface area contributed by atoms with Crippen molar-refractivity contribution >= 4 is 5.97 Å². The quantitative estimate of drug-likeness (QED) is 0.607. The fourth-order valence-electron chi connectivity index (χ4n) is 2.86. The van der Waals surface area contributed by atoms with Crippen LogP contribution in [0.25, 0.3) is 0 Å². The van der Waals surface area contributed by atoms with Crippen LogP contribution in [0.15, 0.2) is 35.9 Å². The highest BCUT2D eigenvalue weighted by Crippen LogP contribution is 2.59. The van der Waals surface area contributed by atoms with Gasteiger partial charge in [0.05, 0.1) is 13.0 Å². The lowest BCUT2D eigenvalue weighted by molar-refractivity contribution is -0.147. The first-order valence-corrected chi connectivity index (χ1v) is 7.31. The van der Waals surface area contributed by atoms with Crippen molar-refractivity contribution < 1.29 is 14.3 Å². The summed E-state index contributed by atoms with van der Waals surface area (Å²) in [4.78, 5) is 12.3. The molecule has 1 saturated carbocycles. The molecule has 0 aromatic heterocycles.